The molecule has 1 fully saturated rings. The predicted molar refractivity (Wildman–Crippen MR) is 153 cm³/mol. The van der Waals surface area contributed by atoms with Crippen molar-refractivity contribution in [1.82, 2.24) is 15.2 Å². The number of rotatable bonds is 6. The number of amides is 4. The Kier molecular flexibility index (Phi) is 6.45. The van der Waals surface area contributed by atoms with E-state index in [1.54, 1.807) is 23.2 Å². The van der Waals surface area contributed by atoms with Gasteiger partial charge in [0.1, 0.15) is 21.2 Å². The van der Waals surface area contributed by atoms with Gasteiger partial charge in [0.2, 0.25) is 5.91 Å². The Bertz CT molecular complexity index is 1670. The summed E-state index contributed by atoms with van der Waals surface area (Å²) in [6.07, 6.45) is 1.86. The van der Waals surface area contributed by atoms with Crippen LogP contribution in [0.3, 0.4) is 0 Å². The topological polar surface area (TPSA) is 124 Å². The maximum Gasteiger partial charge on any atom is 0.331 e. The lowest BCUT2D eigenvalue weighted by Crippen LogP contribution is -2.43. The van der Waals surface area contributed by atoms with Gasteiger partial charge in [-0.2, -0.15) is 0 Å². The molecule has 4 aromatic rings. The number of hydrogen-bond donors (Lipinski definition) is 3. The summed E-state index contributed by atoms with van der Waals surface area (Å²) in [4.78, 5) is 47.1. The molecule has 3 N–H and O–H groups in total. The molecule has 0 spiro atoms. The molecule has 4 heterocycles. The van der Waals surface area contributed by atoms with E-state index >= 15 is 0 Å². The molecule has 2 aromatic heterocycles. The van der Waals surface area contributed by atoms with E-state index in [1.165, 1.54) is 11.0 Å². The number of benzene rings is 2. The summed E-state index contributed by atoms with van der Waals surface area (Å²) in [5.41, 5.74) is 2.45. The molecular weight excluding hydrogens is 530 g/mol. The van der Waals surface area contributed by atoms with Crippen LogP contribution in [0, 0.1) is 6.92 Å². The number of aliphatic hydroxyl groups excluding tert-OH is 1. The van der Waals surface area contributed by atoms with Crippen molar-refractivity contribution in [1.29, 1.82) is 0 Å². The third-order valence-electron chi connectivity index (χ3n) is 6.93. The number of anilines is 3. The Balaban J connectivity index is 1.30. The lowest BCUT2D eigenvalue weighted by Gasteiger charge is -2.29. The van der Waals surface area contributed by atoms with Crippen molar-refractivity contribution >= 4 is 56.5 Å². The number of pyridine rings is 1. The second-order valence-corrected chi connectivity index (χ2v) is 10.5. The molecular formula is C29H25N5O5S. The van der Waals surface area contributed by atoms with E-state index in [4.69, 9.17) is 4.74 Å². The fourth-order valence-electron chi connectivity index (χ4n) is 5.02. The number of urea groups is 1. The molecule has 4 amide bonds. The van der Waals surface area contributed by atoms with Gasteiger partial charge in [-0.1, -0.05) is 24.8 Å². The molecule has 202 valence electrons. The quantitative estimate of drug-likeness (QED) is 0.300. The first-order valence-corrected chi connectivity index (χ1v) is 13.4. The first kappa shape index (κ1) is 25.5. The number of nitrogens with one attached hydrogen (secondary N) is 2. The van der Waals surface area contributed by atoms with E-state index in [0.717, 1.165) is 16.9 Å². The number of aromatic nitrogens is 1. The van der Waals surface area contributed by atoms with Gasteiger partial charge in [-0.25, -0.2) is 9.78 Å². The van der Waals surface area contributed by atoms with E-state index in [0.29, 0.717) is 38.8 Å². The van der Waals surface area contributed by atoms with Crippen molar-refractivity contribution in [2.45, 2.75) is 19.1 Å². The Morgan fingerprint density at radius 1 is 1.15 bits per heavy atom. The first-order chi connectivity index (χ1) is 19.3. The second kappa shape index (κ2) is 10.1. The minimum absolute atomic E-state index is 0.0982. The third-order valence-corrected chi connectivity index (χ3v) is 8.03. The Labute approximate surface area is 233 Å². The molecule has 2 aliphatic rings. The number of nitrogens with zero attached hydrogens (tertiary/aromatic N) is 3. The molecule has 2 aromatic carbocycles. The van der Waals surface area contributed by atoms with Gasteiger partial charge >= 0.3 is 6.03 Å². The van der Waals surface area contributed by atoms with Crippen LogP contribution < -0.4 is 20.3 Å². The van der Waals surface area contributed by atoms with Crippen LogP contribution in [-0.2, 0) is 4.79 Å². The Morgan fingerprint density at radius 3 is 2.70 bits per heavy atom. The van der Waals surface area contributed by atoms with Crippen molar-refractivity contribution < 1.29 is 24.2 Å². The zero-order valence-corrected chi connectivity index (χ0v) is 22.3. The SMILES string of the molecule is C=CC(=O)N1C[C@@H](O)[C@@H](NC(=O)c2sc3nccc4c3c2NC(=O)N4c2ccc(Oc3ccccc3)cc2C)C1. The van der Waals surface area contributed by atoms with E-state index < -0.39 is 24.1 Å². The smallest absolute Gasteiger partial charge is 0.331 e. The fourth-order valence-corrected chi connectivity index (χ4v) is 6.04. The average molecular weight is 556 g/mol. The van der Waals surface area contributed by atoms with Gasteiger partial charge in [0.05, 0.1) is 34.6 Å². The molecule has 1 saturated heterocycles. The first-order valence-electron chi connectivity index (χ1n) is 12.6. The van der Waals surface area contributed by atoms with Crippen LogP contribution in [0.1, 0.15) is 15.2 Å². The molecule has 6 rings (SSSR count). The van der Waals surface area contributed by atoms with E-state index in [9.17, 15) is 19.5 Å². The minimum atomic E-state index is -0.922. The van der Waals surface area contributed by atoms with Gasteiger partial charge in [-0.05, 0) is 55.0 Å². The highest BCUT2D eigenvalue weighted by Crippen LogP contribution is 2.46. The molecule has 0 bridgehead atoms. The number of likely N-dealkylation sites (tertiary alicyclic amines) is 1. The zero-order chi connectivity index (χ0) is 28.0. The Morgan fingerprint density at radius 2 is 1.95 bits per heavy atom. The minimum Gasteiger partial charge on any atom is -0.457 e. The van der Waals surface area contributed by atoms with E-state index in [2.05, 4.69) is 22.2 Å². The maximum atomic E-state index is 13.5. The molecule has 2 aliphatic heterocycles. The van der Waals surface area contributed by atoms with Crippen LogP contribution in [0.4, 0.5) is 21.9 Å². The van der Waals surface area contributed by atoms with Gasteiger partial charge < -0.3 is 25.4 Å². The number of β-amino-alcohol motifs (C(OH)–C–C–N with tert-alkyl or cyclic N) is 1. The van der Waals surface area contributed by atoms with Crippen molar-refractivity contribution in [3.63, 3.8) is 0 Å². The summed E-state index contributed by atoms with van der Waals surface area (Å²) in [7, 11) is 0. The number of hydrogen-bond acceptors (Lipinski definition) is 7. The normalized spacial score (nSPS) is 18.0. The number of carbonyl (C=O) groups is 3. The summed E-state index contributed by atoms with van der Waals surface area (Å²) in [6.45, 7) is 5.62. The van der Waals surface area contributed by atoms with Gasteiger partial charge in [0, 0.05) is 19.3 Å². The number of carbonyl (C=O) groups excluding carboxylic acids is 3. The summed E-state index contributed by atoms with van der Waals surface area (Å²) in [5, 5.41) is 16.8. The standard InChI is InChI=1S/C29H25N5O5S/c1-3-23(36)33-14-19(22(35)15-33)31-27(37)26-25-24-21(11-12-30-28(24)40-26)34(29(38)32-25)20-10-9-18(13-16(20)2)39-17-7-5-4-6-8-17/h3-13,19,22,35H,1,14-15H2,2H3,(H,31,37)(H,32,38)/t19-,22+/m0/s1. The van der Waals surface area contributed by atoms with Crippen molar-refractivity contribution in [2.24, 2.45) is 0 Å². The summed E-state index contributed by atoms with van der Waals surface area (Å²) in [6, 6.07) is 15.6. The number of aryl methyl sites for hydroxylation is 1. The highest BCUT2D eigenvalue weighted by molar-refractivity contribution is 7.21. The van der Waals surface area contributed by atoms with E-state index in [-0.39, 0.29) is 23.9 Å². The van der Waals surface area contributed by atoms with Crippen LogP contribution in [0.5, 0.6) is 11.5 Å². The highest BCUT2D eigenvalue weighted by Gasteiger charge is 2.37. The largest absolute Gasteiger partial charge is 0.457 e. The Hall–Kier alpha value is -4.74. The van der Waals surface area contributed by atoms with Crippen molar-refractivity contribution in [3.05, 3.63) is 83.9 Å². The van der Waals surface area contributed by atoms with Crippen LogP contribution in [0.2, 0.25) is 0 Å². The average Bonchev–Trinajstić information content (AvgIpc) is 3.50. The molecule has 2 atom stereocenters. The number of ether oxygens (including phenoxy) is 1. The summed E-state index contributed by atoms with van der Waals surface area (Å²) >= 11 is 1.15. The van der Waals surface area contributed by atoms with Gasteiger partial charge in [0.25, 0.3) is 5.91 Å². The molecule has 0 unspecified atom stereocenters. The molecule has 0 aliphatic carbocycles. The van der Waals surface area contributed by atoms with Gasteiger partial charge in [-0.15, -0.1) is 11.3 Å². The third kappa shape index (κ3) is 4.44. The number of thiophene rings is 1. The second-order valence-electron chi connectivity index (χ2n) is 9.54. The van der Waals surface area contributed by atoms with Crippen LogP contribution in [0.25, 0.3) is 10.2 Å². The van der Waals surface area contributed by atoms with Gasteiger partial charge in [0.15, 0.2) is 0 Å². The fraction of sp³-hybridized carbons (Fsp3) is 0.172. The summed E-state index contributed by atoms with van der Waals surface area (Å²) < 4.78 is 5.94. The number of aliphatic hydroxyl groups is 1. The lowest BCUT2D eigenvalue weighted by atomic mass is 10.1. The van der Waals surface area contributed by atoms with Crippen LogP contribution in [0.15, 0.2) is 73.4 Å². The van der Waals surface area contributed by atoms with Crippen LogP contribution >= 0.6 is 11.3 Å². The van der Waals surface area contributed by atoms with Gasteiger partial charge in [-0.3, -0.25) is 14.5 Å². The number of para-hydroxylation sites is 1. The molecule has 40 heavy (non-hydrogen) atoms. The highest BCUT2D eigenvalue weighted by atomic mass is 32.1. The van der Waals surface area contributed by atoms with Crippen LogP contribution in [-0.4, -0.2) is 58.1 Å². The summed E-state index contributed by atoms with van der Waals surface area (Å²) in [5.74, 6) is 0.569. The predicted octanol–water partition coefficient (Wildman–Crippen LogP) is 4.57. The molecule has 0 radical (unpaired) electrons. The maximum absolute atomic E-state index is 13.5. The van der Waals surface area contributed by atoms with Crippen molar-refractivity contribution in [2.75, 3.05) is 23.3 Å². The molecule has 11 heteroatoms. The molecule has 10 nitrogen and oxygen atoms in total. The molecule has 0 saturated carbocycles. The van der Waals surface area contributed by atoms with Crippen molar-refractivity contribution in [3.8, 4) is 11.5 Å². The van der Waals surface area contributed by atoms with E-state index in [1.807, 2.05) is 49.4 Å². The monoisotopic (exact) mass is 555 g/mol. The zero-order valence-electron chi connectivity index (χ0n) is 21.5. The lowest BCUT2D eigenvalue weighted by molar-refractivity contribution is -0.125.